The van der Waals surface area contributed by atoms with E-state index < -0.39 is 0 Å². The number of nitrogens with zero attached hydrogens (tertiary/aromatic N) is 1. The molecule has 90 valence electrons. The molecule has 0 radical (unpaired) electrons. The SMILES string of the molecule is CC(CN(C)C)NC1CC(C)OC(C)C1. The van der Waals surface area contributed by atoms with E-state index in [0.29, 0.717) is 24.3 Å². The molecule has 0 aliphatic carbocycles. The topological polar surface area (TPSA) is 24.5 Å². The molecule has 1 aliphatic heterocycles. The molecular weight excluding hydrogens is 188 g/mol. The first-order valence-corrected chi connectivity index (χ1v) is 6.03. The summed E-state index contributed by atoms with van der Waals surface area (Å²) in [7, 11) is 4.24. The highest BCUT2D eigenvalue weighted by Crippen LogP contribution is 2.19. The van der Waals surface area contributed by atoms with E-state index >= 15 is 0 Å². The Kier molecular flexibility index (Phi) is 5.03. The minimum Gasteiger partial charge on any atom is -0.375 e. The normalized spacial score (nSPS) is 34.4. The molecule has 0 amide bonds. The number of hydrogen-bond donors (Lipinski definition) is 1. The molecule has 1 fully saturated rings. The van der Waals surface area contributed by atoms with Gasteiger partial charge in [-0.3, -0.25) is 0 Å². The lowest BCUT2D eigenvalue weighted by molar-refractivity contribution is -0.0435. The Balaban J connectivity index is 2.30. The molecule has 0 bridgehead atoms. The maximum atomic E-state index is 5.73. The minimum absolute atomic E-state index is 0.401. The Hall–Kier alpha value is -0.120. The first-order valence-electron chi connectivity index (χ1n) is 6.03. The van der Waals surface area contributed by atoms with Crippen molar-refractivity contribution in [3.63, 3.8) is 0 Å². The van der Waals surface area contributed by atoms with E-state index in [9.17, 15) is 0 Å². The Morgan fingerprint density at radius 2 is 1.80 bits per heavy atom. The fourth-order valence-corrected chi connectivity index (χ4v) is 2.54. The largest absolute Gasteiger partial charge is 0.375 e. The molecule has 1 saturated heterocycles. The summed E-state index contributed by atoms with van der Waals surface area (Å²) in [6, 6.07) is 1.18. The molecule has 3 unspecified atom stereocenters. The van der Waals surface area contributed by atoms with E-state index in [0.717, 1.165) is 19.4 Å². The predicted octanol–water partition coefficient (Wildman–Crippen LogP) is 1.48. The first kappa shape index (κ1) is 12.9. The quantitative estimate of drug-likeness (QED) is 0.767. The van der Waals surface area contributed by atoms with Crippen molar-refractivity contribution < 1.29 is 4.74 Å². The van der Waals surface area contributed by atoms with Gasteiger partial charge in [-0.05, 0) is 47.7 Å². The van der Waals surface area contributed by atoms with Gasteiger partial charge in [-0.25, -0.2) is 0 Å². The summed E-state index contributed by atoms with van der Waals surface area (Å²) in [5, 5.41) is 3.69. The number of rotatable bonds is 4. The van der Waals surface area contributed by atoms with Crippen LogP contribution >= 0.6 is 0 Å². The van der Waals surface area contributed by atoms with Crippen LogP contribution in [0, 0.1) is 0 Å². The second-order valence-corrected chi connectivity index (χ2v) is 5.26. The zero-order chi connectivity index (χ0) is 11.4. The van der Waals surface area contributed by atoms with Crippen LogP contribution in [0.2, 0.25) is 0 Å². The van der Waals surface area contributed by atoms with E-state index in [2.05, 4.69) is 45.1 Å². The maximum absolute atomic E-state index is 5.73. The van der Waals surface area contributed by atoms with Crippen molar-refractivity contribution in [3.8, 4) is 0 Å². The Bertz CT molecular complexity index is 174. The summed E-state index contributed by atoms with van der Waals surface area (Å²) in [6.45, 7) is 7.69. The lowest BCUT2D eigenvalue weighted by atomic mass is 9.99. The van der Waals surface area contributed by atoms with Crippen molar-refractivity contribution in [2.45, 2.75) is 57.9 Å². The van der Waals surface area contributed by atoms with Crippen LogP contribution in [0.25, 0.3) is 0 Å². The number of ether oxygens (including phenoxy) is 1. The van der Waals surface area contributed by atoms with Gasteiger partial charge in [0.15, 0.2) is 0 Å². The van der Waals surface area contributed by atoms with Crippen molar-refractivity contribution >= 4 is 0 Å². The summed E-state index contributed by atoms with van der Waals surface area (Å²) in [4.78, 5) is 2.23. The fourth-order valence-electron chi connectivity index (χ4n) is 2.54. The molecule has 0 spiro atoms. The zero-order valence-electron chi connectivity index (χ0n) is 10.8. The van der Waals surface area contributed by atoms with Crippen LogP contribution in [0.4, 0.5) is 0 Å². The molecule has 1 heterocycles. The standard InChI is InChI=1S/C12H26N2O/c1-9(8-14(4)5)13-12-6-10(2)15-11(3)7-12/h9-13H,6-8H2,1-5H3. The van der Waals surface area contributed by atoms with Gasteiger partial charge in [0.1, 0.15) is 0 Å². The first-order chi connectivity index (χ1) is 6.97. The van der Waals surface area contributed by atoms with Gasteiger partial charge in [0, 0.05) is 18.6 Å². The molecular formula is C12H26N2O. The van der Waals surface area contributed by atoms with Crippen molar-refractivity contribution in [1.82, 2.24) is 10.2 Å². The van der Waals surface area contributed by atoms with E-state index in [1.807, 2.05) is 0 Å². The number of likely N-dealkylation sites (N-methyl/N-ethyl adjacent to an activating group) is 1. The van der Waals surface area contributed by atoms with E-state index in [1.165, 1.54) is 0 Å². The smallest absolute Gasteiger partial charge is 0.0565 e. The van der Waals surface area contributed by atoms with Gasteiger partial charge < -0.3 is 15.0 Å². The van der Waals surface area contributed by atoms with E-state index in [1.54, 1.807) is 0 Å². The monoisotopic (exact) mass is 214 g/mol. The lowest BCUT2D eigenvalue weighted by Crippen LogP contribution is -2.47. The predicted molar refractivity (Wildman–Crippen MR) is 64.2 cm³/mol. The van der Waals surface area contributed by atoms with Gasteiger partial charge in [0.25, 0.3) is 0 Å². The molecule has 1 N–H and O–H groups in total. The van der Waals surface area contributed by atoms with Gasteiger partial charge in [-0.15, -0.1) is 0 Å². The van der Waals surface area contributed by atoms with E-state index in [4.69, 9.17) is 4.74 Å². The molecule has 0 aromatic heterocycles. The Morgan fingerprint density at radius 3 is 2.27 bits per heavy atom. The summed E-state index contributed by atoms with van der Waals surface area (Å²) < 4.78 is 5.73. The van der Waals surface area contributed by atoms with Crippen LogP contribution < -0.4 is 5.32 Å². The maximum Gasteiger partial charge on any atom is 0.0565 e. The highest BCUT2D eigenvalue weighted by Gasteiger charge is 2.25. The summed E-state index contributed by atoms with van der Waals surface area (Å²) in [5.74, 6) is 0. The molecule has 0 saturated carbocycles. The molecule has 0 aromatic carbocycles. The summed E-state index contributed by atoms with van der Waals surface area (Å²) >= 11 is 0. The van der Waals surface area contributed by atoms with Crippen LogP contribution in [-0.2, 0) is 4.74 Å². The minimum atomic E-state index is 0.401. The van der Waals surface area contributed by atoms with Gasteiger partial charge in [0.2, 0.25) is 0 Å². The molecule has 3 heteroatoms. The zero-order valence-corrected chi connectivity index (χ0v) is 10.8. The number of nitrogens with one attached hydrogen (secondary N) is 1. The van der Waals surface area contributed by atoms with Crippen LogP contribution in [-0.4, -0.2) is 49.8 Å². The summed E-state index contributed by atoms with van der Waals surface area (Å²) in [6.07, 6.45) is 3.08. The van der Waals surface area contributed by atoms with E-state index in [-0.39, 0.29) is 0 Å². The lowest BCUT2D eigenvalue weighted by Gasteiger charge is -2.34. The second kappa shape index (κ2) is 5.83. The van der Waals surface area contributed by atoms with Crippen LogP contribution in [0.5, 0.6) is 0 Å². The molecule has 0 aromatic rings. The third-order valence-electron chi connectivity index (χ3n) is 2.86. The molecule has 3 nitrogen and oxygen atoms in total. The van der Waals surface area contributed by atoms with Crippen molar-refractivity contribution in [2.75, 3.05) is 20.6 Å². The van der Waals surface area contributed by atoms with Gasteiger partial charge >= 0.3 is 0 Å². The third kappa shape index (κ3) is 4.96. The van der Waals surface area contributed by atoms with Gasteiger partial charge in [-0.1, -0.05) is 0 Å². The second-order valence-electron chi connectivity index (χ2n) is 5.26. The highest BCUT2D eigenvalue weighted by atomic mass is 16.5. The third-order valence-corrected chi connectivity index (χ3v) is 2.86. The average molecular weight is 214 g/mol. The molecule has 1 aliphatic rings. The molecule has 1 rings (SSSR count). The van der Waals surface area contributed by atoms with Gasteiger partial charge in [0.05, 0.1) is 12.2 Å². The number of hydrogen-bond acceptors (Lipinski definition) is 3. The fraction of sp³-hybridized carbons (Fsp3) is 1.00. The van der Waals surface area contributed by atoms with Crippen LogP contribution in [0.15, 0.2) is 0 Å². The van der Waals surface area contributed by atoms with Crippen LogP contribution in [0.1, 0.15) is 33.6 Å². The summed E-state index contributed by atoms with van der Waals surface area (Å²) in [5.41, 5.74) is 0. The molecule has 3 atom stereocenters. The van der Waals surface area contributed by atoms with Crippen molar-refractivity contribution in [2.24, 2.45) is 0 Å². The highest BCUT2D eigenvalue weighted by molar-refractivity contribution is 4.81. The Labute approximate surface area is 94.2 Å². The van der Waals surface area contributed by atoms with Crippen molar-refractivity contribution in [3.05, 3.63) is 0 Å². The molecule has 15 heavy (non-hydrogen) atoms. The Morgan fingerprint density at radius 1 is 1.27 bits per heavy atom. The van der Waals surface area contributed by atoms with Gasteiger partial charge in [-0.2, -0.15) is 0 Å². The van der Waals surface area contributed by atoms with Crippen molar-refractivity contribution in [1.29, 1.82) is 0 Å². The average Bonchev–Trinajstić information content (AvgIpc) is 1.98. The van der Waals surface area contributed by atoms with Crippen LogP contribution in [0.3, 0.4) is 0 Å².